The molecule has 0 unspecified atom stereocenters. The van der Waals surface area contributed by atoms with Gasteiger partial charge in [0.2, 0.25) is 0 Å². The van der Waals surface area contributed by atoms with Crippen LogP contribution in [0, 0.1) is 13.8 Å². The molecule has 7 nitrogen and oxygen atoms in total. The van der Waals surface area contributed by atoms with Gasteiger partial charge in [-0.15, -0.1) is 0 Å². The number of carbonyl (C=O) groups excluding carboxylic acids is 1. The van der Waals surface area contributed by atoms with E-state index in [9.17, 15) is 4.79 Å². The van der Waals surface area contributed by atoms with E-state index in [0.717, 1.165) is 16.9 Å². The highest BCUT2D eigenvalue weighted by Crippen LogP contribution is 2.22. The molecule has 0 fully saturated rings. The smallest absolute Gasteiger partial charge is 0.262 e. The molecule has 0 spiro atoms. The standard InChI is InChI=1S/C19H25N3O4/c1-14-4-3-5-15(2)19(14)26-13-18(24)22-16-6-7-17(21-12-16)20-8-10-25-11-9-23/h3-7,12,23H,8-11,13H2,1-2H3,(H,20,21)(H,22,24). The summed E-state index contributed by atoms with van der Waals surface area (Å²) in [5, 5.41) is 14.5. The Morgan fingerprint density at radius 2 is 1.92 bits per heavy atom. The van der Waals surface area contributed by atoms with Crippen molar-refractivity contribution < 1.29 is 19.4 Å². The maximum atomic E-state index is 12.0. The summed E-state index contributed by atoms with van der Waals surface area (Å²) in [6, 6.07) is 9.39. The van der Waals surface area contributed by atoms with E-state index in [1.807, 2.05) is 32.0 Å². The molecule has 0 aliphatic carbocycles. The summed E-state index contributed by atoms with van der Waals surface area (Å²) in [5.41, 5.74) is 2.60. The summed E-state index contributed by atoms with van der Waals surface area (Å²) in [6.07, 6.45) is 1.58. The molecule has 7 heteroatoms. The summed E-state index contributed by atoms with van der Waals surface area (Å²) in [4.78, 5) is 16.3. The molecule has 1 amide bonds. The molecular weight excluding hydrogens is 334 g/mol. The number of rotatable bonds is 10. The fourth-order valence-corrected chi connectivity index (χ4v) is 2.35. The van der Waals surface area contributed by atoms with Crippen molar-refractivity contribution in [2.24, 2.45) is 0 Å². The molecule has 0 aliphatic rings. The zero-order valence-electron chi connectivity index (χ0n) is 15.1. The lowest BCUT2D eigenvalue weighted by Crippen LogP contribution is -2.20. The fraction of sp³-hybridized carbons (Fsp3) is 0.368. The average Bonchev–Trinajstić information content (AvgIpc) is 2.62. The third-order valence-corrected chi connectivity index (χ3v) is 3.59. The summed E-state index contributed by atoms with van der Waals surface area (Å²) >= 11 is 0. The van der Waals surface area contributed by atoms with E-state index >= 15 is 0 Å². The molecule has 0 saturated carbocycles. The van der Waals surface area contributed by atoms with Crippen LogP contribution in [0.3, 0.4) is 0 Å². The first kappa shape index (κ1) is 19.7. The van der Waals surface area contributed by atoms with Crippen LogP contribution in [0.2, 0.25) is 0 Å². The number of nitrogens with one attached hydrogen (secondary N) is 2. The first-order valence-corrected chi connectivity index (χ1v) is 8.47. The normalized spacial score (nSPS) is 10.4. The van der Waals surface area contributed by atoms with Gasteiger partial charge in [0.15, 0.2) is 6.61 Å². The molecule has 140 valence electrons. The van der Waals surface area contributed by atoms with E-state index in [4.69, 9.17) is 14.6 Å². The second kappa shape index (κ2) is 10.4. The van der Waals surface area contributed by atoms with Crippen molar-refractivity contribution in [1.82, 2.24) is 4.98 Å². The molecule has 1 heterocycles. The number of anilines is 2. The Balaban J connectivity index is 1.76. The minimum absolute atomic E-state index is 0.0137. The van der Waals surface area contributed by atoms with Crippen LogP contribution in [0.1, 0.15) is 11.1 Å². The van der Waals surface area contributed by atoms with Gasteiger partial charge in [-0.05, 0) is 37.1 Å². The Morgan fingerprint density at radius 3 is 2.58 bits per heavy atom. The number of benzene rings is 1. The summed E-state index contributed by atoms with van der Waals surface area (Å²) in [7, 11) is 0. The Kier molecular flexibility index (Phi) is 7.85. The molecular formula is C19H25N3O4. The van der Waals surface area contributed by atoms with Crippen LogP contribution >= 0.6 is 0 Å². The van der Waals surface area contributed by atoms with Crippen LogP contribution in [-0.2, 0) is 9.53 Å². The second-order valence-electron chi connectivity index (χ2n) is 5.75. The van der Waals surface area contributed by atoms with Crippen molar-refractivity contribution in [1.29, 1.82) is 0 Å². The van der Waals surface area contributed by atoms with Gasteiger partial charge in [0.05, 0.1) is 31.7 Å². The number of aryl methyl sites for hydroxylation is 2. The first-order chi connectivity index (χ1) is 12.6. The molecule has 3 N–H and O–H groups in total. The molecule has 2 rings (SSSR count). The van der Waals surface area contributed by atoms with E-state index in [2.05, 4.69) is 15.6 Å². The van der Waals surface area contributed by atoms with Gasteiger partial charge in [-0.3, -0.25) is 4.79 Å². The summed E-state index contributed by atoms with van der Waals surface area (Å²) in [6.45, 7) is 5.24. The van der Waals surface area contributed by atoms with E-state index in [1.54, 1.807) is 18.3 Å². The largest absolute Gasteiger partial charge is 0.483 e. The minimum atomic E-state index is -0.243. The fourth-order valence-electron chi connectivity index (χ4n) is 2.35. The number of pyridine rings is 1. The highest BCUT2D eigenvalue weighted by molar-refractivity contribution is 5.91. The van der Waals surface area contributed by atoms with Crippen LogP contribution < -0.4 is 15.4 Å². The zero-order valence-corrected chi connectivity index (χ0v) is 15.1. The highest BCUT2D eigenvalue weighted by Gasteiger charge is 2.08. The molecule has 0 bridgehead atoms. The minimum Gasteiger partial charge on any atom is -0.483 e. The number of para-hydroxylation sites is 1. The molecule has 1 aromatic carbocycles. The number of carbonyl (C=O) groups is 1. The quantitative estimate of drug-likeness (QED) is 0.563. The van der Waals surface area contributed by atoms with Crippen molar-refractivity contribution >= 4 is 17.4 Å². The average molecular weight is 359 g/mol. The topological polar surface area (TPSA) is 92.7 Å². The molecule has 0 radical (unpaired) electrons. The highest BCUT2D eigenvalue weighted by atomic mass is 16.5. The van der Waals surface area contributed by atoms with Crippen molar-refractivity contribution in [2.45, 2.75) is 13.8 Å². The third-order valence-electron chi connectivity index (χ3n) is 3.59. The number of ether oxygens (including phenoxy) is 2. The Morgan fingerprint density at radius 1 is 1.15 bits per heavy atom. The Labute approximate surface area is 153 Å². The van der Waals surface area contributed by atoms with Gasteiger partial charge >= 0.3 is 0 Å². The molecule has 0 saturated heterocycles. The van der Waals surface area contributed by atoms with Gasteiger partial charge in [-0.25, -0.2) is 4.98 Å². The number of hydrogen-bond donors (Lipinski definition) is 3. The van der Waals surface area contributed by atoms with Gasteiger partial charge in [0, 0.05) is 6.54 Å². The Hall–Kier alpha value is -2.64. The zero-order chi connectivity index (χ0) is 18.8. The number of nitrogens with zero attached hydrogens (tertiary/aromatic N) is 1. The van der Waals surface area contributed by atoms with Crippen LogP contribution in [0.5, 0.6) is 5.75 Å². The summed E-state index contributed by atoms with van der Waals surface area (Å²) < 4.78 is 10.8. The first-order valence-electron chi connectivity index (χ1n) is 8.47. The SMILES string of the molecule is Cc1cccc(C)c1OCC(=O)Nc1ccc(NCCOCCO)nc1. The number of hydrogen-bond acceptors (Lipinski definition) is 6. The maximum absolute atomic E-state index is 12.0. The molecule has 26 heavy (non-hydrogen) atoms. The van der Waals surface area contributed by atoms with E-state index in [1.165, 1.54) is 0 Å². The van der Waals surface area contributed by atoms with Gasteiger partial charge in [0.25, 0.3) is 5.91 Å². The number of aliphatic hydroxyl groups is 1. The van der Waals surface area contributed by atoms with Gasteiger partial charge < -0.3 is 25.2 Å². The maximum Gasteiger partial charge on any atom is 0.262 e. The van der Waals surface area contributed by atoms with Gasteiger partial charge in [-0.2, -0.15) is 0 Å². The third kappa shape index (κ3) is 6.34. The lowest BCUT2D eigenvalue weighted by Gasteiger charge is -2.12. The van der Waals surface area contributed by atoms with Gasteiger partial charge in [-0.1, -0.05) is 18.2 Å². The molecule has 2 aromatic rings. The van der Waals surface area contributed by atoms with Crippen molar-refractivity contribution in [2.75, 3.05) is 43.6 Å². The van der Waals surface area contributed by atoms with Crippen molar-refractivity contribution in [3.63, 3.8) is 0 Å². The monoisotopic (exact) mass is 359 g/mol. The Bertz CT molecular complexity index is 684. The second-order valence-corrected chi connectivity index (χ2v) is 5.75. The van der Waals surface area contributed by atoms with Crippen LogP contribution in [-0.4, -0.2) is 49.0 Å². The number of amides is 1. The number of aromatic nitrogens is 1. The van der Waals surface area contributed by atoms with E-state index in [-0.39, 0.29) is 19.1 Å². The lowest BCUT2D eigenvalue weighted by atomic mass is 10.1. The van der Waals surface area contributed by atoms with Gasteiger partial charge in [0.1, 0.15) is 11.6 Å². The predicted molar refractivity (Wildman–Crippen MR) is 101 cm³/mol. The number of aliphatic hydroxyl groups excluding tert-OH is 1. The summed E-state index contributed by atoms with van der Waals surface area (Å²) in [5.74, 6) is 1.18. The molecule has 1 aromatic heterocycles. The lowest BCUT2D eigenvalue weighted by molar-refractivity contribution is -0.118. The van der Waals surface area contributed by atoms with Crippen LogP contribution in [0.4, 0.5) is 11.5 Å². The van der Waals surface area contributed by atoms with Crippen LogP contribution in [0.25, 0.3) is 0 Å². The molecule has 0 atom stereocenters. The van der Waals surface area contributed by atoms with Crippen molar-refractivity contribution in [3.05, 3.63) is 47.7 Å². The van der Waals surface area contributed by atoms with Crippen molar-refractivity contribution in [3.8, 4) is 5.75 Å². The predicted octanol–water partition coefficient (Wildman–Crippen LogP) is 2.14. The van der Waals surface area contributed by atoms with Crippen LogP contribution in [0.15, 0.2) is 36.5 Å². The van der Waals surface area contributed by atoms with E-state index in [0.29, 0.717) is 31.3 Å². The molecule has 0 aliphatic heterocycles. The van der Waals surface area contributed by atoms with E-state index < -0.39 is 0 Å².